The minimum Gasteiger partial charge on any atom is -0.381 e. The summed E-state index contributed by atoms with van der Waals surface area (Å²) in [6.07, 6.45) is 3.37. The Morgan fingerprint density at radius 3 is 2.04 bits per heavy atom. The summed E-state index contributed by atoms with van der Waals surface area (Å²) in [5.74, 6) is 0. The number of ether oxygens (including phenoxy) is 2. The van der Waals surface area contributed by atoms with Crippen LogP contribution in [0.2, 0.25) is 0 Å². The van der Waals surface area contributed by atoms with Gasteiger partial charge in [0.05, 0.1) is 6.61 Å². The normalized spacial score (nSPS) is 14.9. The van der Waals surface area contributed by atoms with E-state index in [1.165, 1.54) is 12.0 Å². The predicted octanol–water partition coefficient (Wildman–Crippen LogP) is 0.858. The molecule has 0 atom stereocenters. The van der Waals surface area contributed by atoms with Crippen LogP contribution in [0, 0.1) is 6.07 Å². The first kappa shape index (κ1) is 27.7. The van der Waals surface area contributed by atoms with Gasteiger partial charge < -0.3 is 9.47 Å². The summed E-state index contributed by atoms with van der Waals surface area (Å²) in [6, 6.07) is 11.4. The summed E-state index contributed by atoms with van der Waals surface area (Å²) >= 11 is 0. The standard InChI is InChI=1S/C20H33N2O2.C2H6.K/c1-2-3-15-23-16-7-17-24-18-14-21-10-12-22(13-11-21)19-20-8-5-4-6-9-20;1-2;/h5-6,8-9H,2-3,7,10-19H2,1H3;1-2H3;/q-1;;+1. The minimum atomic E-state index is 0. The fourth-order valence-corrected chi connectivity index (χ4v) is 2.86. The van der Waals surface area contributed by atoms with Gasteiger partial charge in [-0.15, -0.1) is 5.56 Å². The number of rotatable bonds is 12. The van der Waals surface area contributed by atoms with E-state index >= 15 is 0 Å². The van der Waals surface area contributed by atoms with E-state index in [0.29, 0.717) is 0 Å². The molecule has 0 aliphatic carbocycles. The van der Waals surface area contributed by atoms with Crippen molar-refractivity contribution in [3.8, 4) is 0 Å². The van der Waals surface area contributed by atoms with Crippen LogP contribution < -0.4 is 51.4 Å². The van der Waals surface area contributed by atoms with Gasteiger partial charge in [0.1, 0.15) is 0 Å². The van der Waals surface area contributed by atoms with E-state index in [-0.39, 0.29) is 51.4 Å². The maximum atomic E-state index is 5.73. The smallest absolute Gasteiger partial charge is 0.381 e. The first-order valence-electron chi connectivity index (χ1n) is 10.4. The van der Waals surface area contributed by atoms with E-state index < -0.39 is 0 Å². The maximum Gasteiger partial charge on any atom is 1.00 e. The molecule has 0 bridgehead atoms. The summed E-state index contributed by atoms with van der Waals surface area (Å²) in [5, 5.41) is 0. The van der Waals surface area contributed by atoms with Gasteiger partial charge in [0.15, 0.2) is 0 Å². The maximum absolute atomic E-state index is 5.73. The summed E-state index contributed by atoms with van der Waals surface area (Å²) in [7, 11) is 0. The molecule has 27 heavy (non-hydrogen) atoms. The quantitative estimate of drug-likeness (QED) is 0.294. The molecule has 1 aromatic rings. The van der Waals surface area contributed by atoms with E-state index in [4.69, 9.17) is 9.47 Å². The van der Waals surface area contributed by atoms with Crippen molar-refractivity contribution in [1.82, 2.24) is 9.80 Å². The van der Waals surface area contributed by atoms with Crippen molar-refractivity contribution in [2.75, 3.05) is 59.2 Å². The molecule has 2 rings (SSSR count). The number of hydrogen-bond acceptors (Lipinski definition) is 4. The van der Waals surface area contributed by atoms with Crippen LogP contribution in [0.25, 0.3) is 0 Å². The Labute approximate surface area is 210 Å². The third kappa shape index (κ3) is 14.3. The van der Waals surface area contributed by atoms with Gasteiger partial charge >= 0.3 is 51.4 Å². The second-order valence-corrected chi connectivity index (χ2v) is 6.46. The van der Waals surface area contributed by atoms with E-state index in [9.17, 15) is 0 Å². The van der Waals surface area contributed by atoms with Crippen LogP contribution in [0.15, 0.2) is 24.3 Å². The molecule has 1 saturated heterocycles. The molecule has 1 aliphatic heterocycles. The van der Waals surface area contributed by atoms with Crippen molar-refractivity contribution in [2.24, 2.45) is 0 Å². The molecule has 0 N–H and O–H groups in total. The Morgan fingerprint density at radius 1 is 0.852 bits per heavy atom. The molecule has 0 unspecified atom stereocenters. The topological polar surface area (TPSA) is 24.9 Å². The number of hydrogen-bond donors (Lipinski definition) is 0. The van der Waals surface area contributed by atoms with Crippen molar-refractivity contribution in [3.05, 3.63) is 35.9 Å². The van der Waals surface area contributed by atoms with Gasteiger partial charge in [0.25, 0.3) is 0 Å². The van der Waals surface area contributed by atoms with Crippen LogP contribution in [0.3, 0.4) is 0 Å². The SMILES string of the molecule is CC.CCCCOCCCOCCN1CCN(Cc2cc[c-]cc2)CC1.[K+]. The number of piperazine rings is 1. The molecule has 0 amide bonds. The molecular weight excluding hydrogens is 363 g/mol. The second-order valence-electron chi connectivity index (χ2n) is 6.46. The fraction of sp³-hybridized carbons (Fsp3) is 0.727. The Morgan fingerprint density at radius 2 is 1.41 bits per heavy atom. The Hall–Kier alpha value is 0.696. The minimum absolute atomic E-state index is 0. The number of benzene rings is 1. The monoisotopic (exact) mass is 402 g/mol. The van der Waals surface area contributed by atoms with Gasteiger partial charge in [-0.05, 0) is 12.8 Å². The molecule has 1 fully saturated rings. The first-order valence-corrected chi connectivity index (χ1v) is 10.4. The summed E-state index contributed by atoms with van der Waals surface area (Å²) in [5.41, 5.74) is 1.38. The molecule has 1 heterocycles. The molecule has 5 heteroatoms. The zero-order valence-corrected chi connectivity index (χ0v) is 21.3. The molecule has 150 valence electrons. The van der Waals surface area contributed by atoms with E-state index in [1.807, 2.05) is 26.0 Å². The van der Waals surface area contributed by atoms with Crippen LogP contribution in [0.4, 0.5) is 0 Å². The largest absolute Gasteiger partial charge is 1.00 e. The van der Waals surface area contributed by atoms with Crippen molar-refractivity contribution >= 4 is 0 Å². The van der Waals surface area contributed by atoms with Gasteiger partial charge in [-0.3, -0.25) is 9.80 Å². The molecule has 0 saturated carbocycles. The number of unbranched alkanes of at least 4 members (excludes halogenated alkanes) is 1. The van der Waals surface area contributed by atoms with Crippen LogP contribution in [0.5, 0.6) is 0 Å². The molecule has 1 aromatic carbocycles. The second kappa shape index (κ2) is 20.0. The zero-order valence-electron chi connectivity index (χ0n) is 18.2. The van der Waals surface area contributed by atoms with Crippen LogP contribution in [0.1, 0.15) is 45.6 Å². The van der Waals surface area contributed by atoms with E-state index in [0.717, 1.165) is 78.5 Å². The Kier molecular flexibility index (Phi) is 20.5. The molecule has 1 aliphatic rings. The zero-order chi connectivity index (χ0) is 18.9. The molecular formula is C22H39KN2O2. The summed E-state index contributed by atoms with van der Waals surface area (Å²) < 4.78 is 11.3. The summed E-state index contributed by atoms with van der Waals surface area (Å²) in [6.45, 7) is 16.2. The van der Waals surface area contributed by atoms with Gasteiger partial charge in [-0.25, -0.2) is 0 Å². The fourth-order valence-electron chi connectivity index (χ4n) is 2.86. The molecule has 0 spiro atoms. The average molecular weight is 403 g/mol. The molecule has 4 nitrogen and oxygen atoms in total. The first-order chi connectivity index (χ1) is 12.9. The van der Waals surface area contributed by atoms with Gasteiger partial charge in [-0.1, -0.05) is 27.2 Å². The van der Waals surface area contributed by atoms with Crippen molar-refractivity contribution in [3.63, 3.8) is 0 Å². The average Bonchev–Trinajstić information content (AvgIpc) is 2.70. The molecule has 0 aromatic heterocycles. The van der Waals surface area contributed by atoms with E-state index in [2.05, 4.69) is 34.9 Å². The van der Waals surface area contributed by atoms with Crippen molar-refractivity contribution in [1.29, 1.82) is 0 Å². The Balaban J connectivity index is 0.00000218. The third-order valence-electron chi connectivity index (χ3n) is 4.43. The van der Waals surface area contributed by atoms with Gasteiger partial charge in [0.2, 0.25) is 0 Å². The van der Waals surface area contributed by atoms with Crippen molar-refractivity contribution in [2.45, 2.75) is 46.6 Å². The molecule has 0 radical (unpaired) electrons. The predicted molar refractivity (Wildman–Crippen MR) is 110 cm³/mol. The third-order valence-corrected chi connectivity index (χ3v) is 4.43. The van der Waals surface area contributed by atoms with E-state index in [1.54, 1.807) is 0 Å². The Bertz CT molecular complexity index is 412. The van der Waals surface area contributed by atoms with Crippen LogP contribution in [-0.4, -0.2) is 69.0 Å². The van der Waals surface area contributed by atoms with Crippen LogP contribution >= 0.6 is 0 Å². The van der Waals surface area contributed by atoms with Crippen molar-refractivity contribution < 1.29 is 60.9 Å². The van der Waals surface area contributed by atoms with Crippen LogP contribution in [-0.2, 0) is 16.0 Å². The van der Waals surface area contributed by atoms with Gasteiger partial charge in [0, 0.05) is 59.1 Å². The van der Waals surface area contributed by atoms with Gasteiger partial charge in [-0.2, -0.15) is 30.3 Å². The number of nitrogens with zero attached hydrogens (tertiary/aromatic N) is 2. The summed E-state index contributed by atoms with van der Waals surface area (Å²) in [4.78, 5) is 5.04.